The topological polar surface area (TPSA) is 36.9 Å². The van der Waals surface area contributed by atoms with Gasteiger partial charge in [0, 0.05) is 45.4 Å². The largest absolute Gasteiger partial charge is 0.385 e. The van der Waals surface area contributed by atoms with Crippen molar-refractivity contribution >= 4 is 41.5 Å². The fourth-order valence-electron chi connectivity index (χ4n) is 2.15. The summed E-state index contributed by atoms with van der Waals surface area (Å²) < 4.78 is 5.05. The maximum absolute atomic E-state index is 6.23. The summed E-state index contributed by atoms with van der Waals surface area (Å²) in [6, 6.07) is 7.93. The summed E-state index contributed by atoms with van der Waals surface area (Å²) in [4.78, 5) is 6.80. The molecule has 0 aromatic heterocycles. The Labute approximate surface area is 162 Å². The van der Waals surface area contributed by atoms with Crippen molar-refractivity contribution < 1.29 is 4.74 Å². The van der Waals surface area contributed by atoms with Gasteiger partial charge in [0.25, 0.3) is 0 Å². The minimum atomic E-state index is 0. The maximum atomic E-state index is 6.23. The van der Waals surface area contributed by atoms with E-state index in [2.05, 4.69) is 22.1 Å². The van der Waals surface area contributed by atoms with Gasteiger partial charge in [0.2, 0.25) is 0 Å². The predicted octanol–water partition coefficient (Wildman–Crippen LogP) is 4.17. The minimum Gasteiger partial charge on any atom is -0.385 e. The summed E-state index contributed by atoms with van der Waals surface area (Å²) in [7, 11) is 3.78. The van der Waals surface area contributed by atoms with Gasteiger partial charge in [-0.3, -0.25) is 4.99 Å². The van der Waals surface area contributed by atoms with Crippen LogP contribution >= 0.6 is 35.6 Å². The highest BCUT2D eigenvalue weighted by molar-refractivity contribution is 14.0. The van der Waals surface area contributed by atoms with Crippen LogP contribution in [-0.4, -0.2) is 44.7 Å². The number of guanidine groups is 1. The molecule has 0 radical (unpaired) electrons. The molecule has 0 saturated carbocycles. The van der Waals surface area contributed by atoms with Crippen molar-refractivity contribution in [3.8, 4) is 0 Å². The fourth-order valence-corrected chi connectivity index (χ4v) is 2.34. The molecule has 0 fully saturated rings. The second-order valence-corrected chi connectivity index (χ2v) is 5.64. The Balaban J connectivity index is 0.00000484. The molecular weight excluding hydrogens is 425 g/mol. The van der Waals surface area contributed by atoms with E-state index in [9.17, 15) is 0 Å². The van der Waals surface area contributed by atoms with Gasteiger partial charge < -0.3 is 15.0 Å². The first-order valence-electron chi connectivity index (χ1n) is 7.90. The van der Waals surface area contributed by atoms with Crippen molar-refractivity contribution in [3.63, 3.8) is 0 Å². The number of methoxy groups -OCH3 is 1. The van der Waals surface area contributed by atoms with Gasteiger partial charge in [0.05, 0.1) is 0 Å². The second kappa shape index (κ2) is 13.9. The number of nitrogens with one attached hydrogen (secondary N) is 1. The van der Waals surface area contributed by atoms with Gasteiger partial charge in [-0.25, -0.2) is 0 Å². The van der Waals surface area contributed by atoms with Crippen molar-refractivity contribution in [2.75, 3.05) is 33.9 Å². The highest BCUT2D eigenvalue weighted by Crippen LogP contribution is 2.16. The zero-order chi connectivity index (χ0) is 16.2. The number of hydrogen-bond donors (Lipinski definition) is 1. The van der Waals surface area contributed by atoms with Crippen LogP contribution in [0.4, 0.5) is 0 Å². The van der Waals surface area contributed by atoms with E-state index >= 15 is 0 Å². The third-order valence-corrected chi connectivity index (χ3v) is 3.70. The van der Waals surface area contributed by atoms with E-state index in [-0.39, 0.29) is 24.0 Å². The standard InChI is InChI=1S/C17H28ClN3O.HI/c1-4-19-17(20-12-8-5-9-13-22-3)21(2)14-15-10-6-7-11-16(15)18;/h6-7,10-11H,4-5,8-9,12-14H2,1-3H3,(H,19,20);1H. The third kappa shape index (κ3) is 9.37. The smallest absolute Gasteiger partial charge is 0.193 e. The summed E-state index contributed by atoms with van der Waals surface area (Å²) >= 11 is 6.23. The molecule has 1 N–H and O–H groups in total. The van der Waals surface area contributed by atoms with E-state index in [0.29, 0.717) is 0 Å². The van der Waals surface area contributed by atoms with E-state index in [1.807, 2.05) is 31.3 Å². The molecule has 0 aliphatic rings. The molecular formula is C17H29ClIN3O. The molecule has 0 heterocycles. The molecule has 1 rings (SSSR count). The molecule has 1 aromatic rings. The average molecular weight is 454 g/mol. The Bertz CT molecular complexity index is 457. The zero-order valence-electron chi connectivity index (χ0n) is 14.3. The van der Waals surface area contributed by atoms with Gasteiger partial charge in [-0.2, -0.15) is 0 Å². The van der Waals surface area contributed by atoms with Crippen LogP contribution in [0, 0.1) is 0 Å². The summed E-state index contributed by atoms with van der Waals surface area (Å²) in [5, 5.41) is 4.13. The predicted molar refractivity (Wildman–Crippen MR) is 110 cm³/mol. The van der Waals surface area contributed by atoms with Crippen molar-refractivity contribution in [2.45, 2.75) is 32.7 Å². The van der Waals surface area contributed by atoms with Gasteiger partial charge in [-0.1, -0.05) is 29.8 Å². The number of halogens is 2. The van der Waals surface area contributed by atoms with Gasteiger partial charge >= 0.3 is 0 Å². The lowest BCUT2D eigenvalue weighted by atomic mass is 10.2. The Morgan fingerprint density at radius 3 is 2.65 bits per heavy atom. The van der Waals surface area contributed by atoms with Crippen LogP contribution in [0.15, 0.2) is 29.3 Å². The lowest BCUT2D eigenvalue weighted by Crippen LogP contribution is -2.38. The monoisotopic (exact) mass is 453 g/mol. The van der Waals surface area contributed by atoms with Crippen LogP contribution in [0.3, 0.4) is 0 Å². The Morgan fingerprint density at radius 1 is 1.26 bits per heavy atom. The number of unbranched alkanes of at least 4 members (excludes halogenated alkanes) is 2. The molecule has 6 heteroatoms. The molecule has 0 amide bonds. The first-order chi connectivity index (χ1) is 10.7. The van der Waals surface area contributed by atoms with Crippen LogP contribution in [0.25, 0.3) is 0 Å². The Morgan fingerprint density at radius 2 is 2.00 bits per heavy atom. The molecule has 0 saturated heterocycles. The Hall–Kier alpha value is -0.530. The molecule has 0 aliphatic carbocycles. The molecule has 0 unspecified atom stereocenters. The zero-order valence-corrected chi connectivity index (χ0v) is 17.4. The molecule has 0 aliphatic heterocycles. The van der Waals surface area contributed by atoms with Gasteiger partial charge in [-0.05, 0) is 37.8 Å². The second-order valence-electron chi connectivity index (χ2n) is 5.24. The number of nitrogens with zero attached hydrogens (tertiary/aromatic N) is 2. The van der Waals surface area contributed by atoms with Crippen molar-refractivity contribution in [2.24, 2.45) is 4.99 Å². The lowest BCUT2D eigenvalue weighted by Gasteiger charge is -2.22. The van der Waals surface area contributed by atoms with Crippen LogP contribution in [-0.2, 0) is 11.3 Å². The quantitative estimate of drug-likeness (QED) is 0.264. The maximum Gasteiger partial charge on any atom is 0.193 e. The first kappa shape index (κ1) is 22.5. The highest BCUT2D eigenvalue weighted by atomic mass is 127. The van der Waals surface area contributed by atoms with Crippen molar-refractivity contribution in [3.05, 3.63) is 34.9 Å². The van der Waals surface area contributed by atoms with Crippen LogP contribution < -0.4 is 5.32 Å². The minimum absolute atomic E-state index is 0. The SMILES string of the molecule is CCNC(=NCCCCCOC)N(C)Cc1ccccc1Cl.I. The van der Waals surface area contributed by atoms with E-state index in [1.54, 1.807) is 7.11 Å². The Kier molecular flexibility index (Phi) is 13.5. The van der Waals surface area contributed by atoms with Crippen LogP contribution in [0.1, 0.15) is 31.7 Å². The summed E-state index contributed by atoms with van der Waals surface area (Å²) in [5.41, 5.74) is 1.11. The van der Waals surface area contributed by atoms with Gasteiger partial charge in [0.1, 0.15) is 0 Å². The van der Waals surface area contributed by atoms with E-state index < -0.39 is 0 Å². The molecule has 4 nitrogen and oxygen atoms in total. The normalized spacial score (nSPS) is 11.0. The number of aliphatic imine (C=N–C) groups is 1. The summed E-state index contributed by atoms with van der Waals surface area (Å²) in [5.74, 6) is 0.925. The van der Waals surface area contributed by atoms with E-state index in [0.717, 1.165) is 62.0 Å². The molecule has 0 atom stereocenters. The number of benzene rings is 1. The summed E-state index contributed by atoms with van der Waals surface area (Å²) in [6.07, 6.45) is 3.32. The van der Waals surface area contributed by atoms with E-state index in [4.69, 9.17) is 16.3 Å². The average Bonchev–Trinajstić information content (AvgIpc) is 2.51. The molecule has 0 spiro atoms. The molecule has 132 valence electrons. The van der Waals surface area contributed by atoms with Crippen LogP contribution in [0.2, 0.25) is 5.02 Å². The lowest BCUT2D eigenvalue weighted by molar-refractivity contribution is 0.192. The number of rotatable bonds is 9. The number of ether oxygens (including phenoxy) is 1. The van der Waals surface area contributed by atoms with Gasteiger partial charge in [-0.15, -0.1) is 24.0 Å². The molecule has 23 heavy (non-hydrogen) atoms. The van der Waals surface area contributed by atoms with Gasteiger partial charge in [0.15, 0.2) is 5.96 Å². The van der Waals surface area contributed by atoms with Crippen LogP contribution in [0.5, 0.6) is 0 Å². The fraction of sp³-hybridized carbons (Fsp3) is 0.588. The third-order valence-electron chi connectivity index (χ3n) is 3.33. The van der Waals surface area contributed by atoms with Crippen molar-refractivity contribution in [1.29, 1.82) is 0 Å². The summed E-state index contributed by atoms with van der Waals surface area (Å²) in [6.45, 7) is 5.34. The highest BCUT2D eigenvalue weighted by Gasteiger charge is 2.08. The van der Waals surface area contributed by atoms with Crippen molar-refractivity contribution in [1.82, 2.24) is 10.2 Å². The molecule has 0 bridgehead atoms. The van der Waals surface area contributed by atoms with E-state index in [1.165, 1.54) is 0 Å². The molecule has 1 aromatic carbocycles. The first-order valence-corrected chi connectivity index (χ1v) is 8.28. The number of hydrogen-bond acceptors (Lipinski definition) is 2.